The Balaban J connectivity index is 2.69. The van der Waals surface area contributed by atoms with Gasteiger partial charge in [-0.25, -0.2) is 8.42 Å². The number of benzene rings is 1. The van der Waals surface area contributed by atoms with Crippen LogP contribution in [0.2, 0.25) is 5.02 Å². The smallest absolute Gasteiger partial charge is 0.316 e. The molecule has 1 aromatic rings. The summed E-state index contributed by atoms with van der Waals surface area (Å²) in [4.78, 5) is 12.2. The predicted molar refractivity (Wildman–Crippen MR) is 90.1 cm³/mol. The van der Waals surface area contributed by atoms with Crippen LogP contribution in [0.3, 0.4) is 0 Å². The van der Waals surface area contributed by atoms with Gasteiger partial charge in [-0.2, -0.15) is 4.72 Å². The van der Waals surface area contributed by atoms with E-state index in [0.717, 1.165) is 0 Å². The molecule has 0 atom stereocenters. The molecule has 1 aliphatic rings. The maximum absolute atomic E-state index is 12.6. The lowest BCUT2D eigenvalue weighted by Crippen LogP contribution is -2.40. The van der Waals surface area contributed by atoms with E-state index in [0.29, 0.717) is 5.56 Å². The van der Waals surface area contributed by atoms with Crippen molar-refractivity contribution in [2.24, 2.45) is 5.41 Å². The molecule has 0 aromatic heterocycles. The fourth-order valence-corrected chi connectivity index (χ4v) is 4.33. The van der Waals surface area contributed by atoms with Gasteiger partial charge in [-0.1, -0.05) is 29.8 Å². The quantitative estimate of drug-likeness (QED) is 0.824. The normalized spacial score (nSPS) is 19.7. The molecule has 1 heterocycles. The van der Waals surface area contributed by atoms with E-state index in [1.165, 1.54) is 0 Å². The SMILES string of the molecule is CC(C)(C)C(=O)OC1=C(c2ccccc2Cl)S(=O)(=O)NC1(C)C. The number of hydrogen-bond donors (Lipinski definition) is 1. The lowest BCUT2D eigenvalue weighted by Gasteiger charge is -2.24. The Hall–Kier alpha value is -1.37. The minimum Gasteiger partial charge on any atom is -0.427 e. The monoisotopic (exact) mass is 357 g/mol. The highest BCUT2D eigenvalue weighted by molar-refractivity contribution is 7.99. The summed E-state index contributed by atoms with van der Waals surface area (Å²) in [7, 11) is -3.84. The molecule has 1 N–H and O–H groups in total. The lowest BCUT2D eigenvalue weighted by atomic mass is 9.96. The fourth-order valence-electron chi connectivity index (χ4n) is 2.17. The Morgan fingerprint density at radius 1 is 1.22 bits per heavy atom. The van der Waals surface area contributed by atoms with Crippen molar-refractivity contribution in [3.05, 3.63) is 40.6 Å². The van der Waals surface area contributed by atoms with Gasteiger partial charge in [0.2, 0.25) is 10.0 Å². The maximum atomic E-state index is 12.6. The van der Waals surface area contributed by atoms with Crippen molar-refractivity contribution in [1.29, 1.82) is 0 Å². The third-order valence-corrected chi connectivity index (χ3v) is 5.41. The van der Waals surface area contributed by atoms with Gasteiger partial charge in [-0.05, 0) is 40.7 Å². The summed E-state index contributed by atoms with van der Waals surface area (Å²) in [6.45, 7) is 8.39. The number of nitrogens with one attached hydrogen (secondary N) is 1. The summed E-state index contributed by atoms with van der Waals surface area (Å²) in [6, 6.07) is 6.56. The van der Waals surface area contributed by atoms with Gasteiger partial charge in [0.15, 0.2) is 0 Å². The van der Waals surface area contributed by atoms with Crippen LogP contribution >= 0.6 is 11.6 Å². The van der Waals surface area contributed by atoms with Crippen LogP contribution in [0, 0.1) is 5.41 Å². The fraction of sp³-hybridized carbons (Fsp3) is 0.438. The average Bonchev–Trinajstić information content (AvgIpc) is 2.54. The van der Waals surface area contributed by atoms with Crippen LogP contribution in [-0.4, -0.2) is 19.9 Å². The first kappa shape index (κ1) is 18.0. The van der Waals surface area contributed by atoms with Crippen molar-refractivity contribution in [2.45, 2.75) is 40.2 Å². The minimum absolute atomic E-state index is 0.0607. The van der Waals surface area contributed by atoms with Crippen molar-refractivity contribution >= 4 is 32.5 Å². The topological polar surface area (TPSA) is 72.5 Å². The van der Waals surface area contributed by atoms with Crippen LogP contribution in [0.25, 0.3) is 4.91 Å². The number of hydrogen-bond acceptors (Lipinski definition) is 4. The van der Waals surface area contributed by atoms with Crippen molar-refractivity contribution in [3.8, 4) is 0 Å². The second-order valence-electron chi connectivity index (χ2n) is 7.01. The third-order valence-electron chi connectivity index (χ3n) is 3.36. The standard InChI is InChI=1S/C16H20ClNO4S/c1-15(2,3)14(19)22-13-12(10-8-6-7-9-11(10)17)23(20,21)18-16(13,4)5/h6-9,18H,1-5H3. The molecular formula is C16H20ClNO4S. The van der Waals surface area contributed by atoms with E-state index in [4.69, 9.17) is 16.3 Å². The zero-order chi connectivity index (χ0) is 17.6. The summed E-state index contributed by atoms with van der Waals surface area (Å²) >= 11 is 6.15. The van der Waals surface area contributed by atoms with Crippen molar-refractivity contribution in [2.75, 3.05) is 0 Å². The summed E-state index contributed by atoms with van der Waals surface area (Å²) < 4.78 is 33.1. The van der Waals surface area contributed by atoms with Gasteiger partial charge in [0.05, 0.1) is 11.0 Å². The Morgan fingerprint density at radius 3 is 2.30 bits per heavy atom. The van der Waals surface area contributed by atoms with E-state index in [1.807, 2.05) is 0 Å². The zero-order valence-electron chi connectivity index (χ0n) is 13.7. The number of ether oxygens (including phenoxy) is 1. The molecule has 5 nitrogen and oxygen atoms in total. The van der Waals surface area contributed by atoms with Crippen LogP contribution < -0.4 is 4.72 Å². The largest absolute Gasteiger partial charge is 0.427 e. The molecule has 0 aliphatic carbocycles. The van der Waals surface area contributed by atoms with Gasteiger partial charge < -0.3 is 4.74 Å². The second kappa shape index (κ2) is 5.61. The molecule has 2 rings (SSSR count). The second-order valence-corrected chi connectivity index (χ2v) is 9.03. The highest BCUT2D eigenvalue weighted by Gasteiger charge is 2.47. The first-order chi connectivity index (χ1) is 10.4. The first-order valence-electron chi connectivity index (χ1n) is 7.12. The highest BCUT2D eigenvalue weighted by Crippen LogP contribution is 2.41. The number of carbonyl (C=O) groups is 1. The van der Waals surface area contributed by atoms with Gasteiger partial charge in [-0.3, -0.25) is 4.79 Å². The maximum Gasteiger partial charge on any atom is 0.316 e. The lowest BCUT2D eigenvalue weighted by molar-refractivity contribution is -0.149. The van der Waals surface area contributed by atoms with Gasteiger partial charge in [0, 0.05) is 10.6 Å². The van der Waals surface area contributed by atoms with E-state index in [9.17, 15) is 13.2 Å². The van der Waals surface area contributed by atoms with Crippen molar-refractivity contribution in [1.82, 2.24) is 4.72 Å². The number of halogens is 1. The molecule has 7 heteroatoms. The first-order valence-corrected chi connectivity index (χ1v) is 8.98. The Morgan fingerprint density at radius 2 is 1.78 bits per heavy atom. The Bertz CT molecular complexity index is 789. The van der Waals surface area contributed by atoms with Crippen LogP contribution in [-0.2, 0) is 19.6 Å². The number of sulfonamides is 1. The van der Waals surface area contributed by atoms with E-state index < -0.39 is 26.9 Å². The summed E-state index contributed by atoms with van der Waals surface area (Å²) in [5.41, 5.74) is -1.50. The molecule has 23 heavy (non-hydrogen) atoms. The molecule has 126 valence electrons. The Labute approximate surface area is 141 Å². The van der Waals surface area contributed by atoms with E-state index >= 15 is 0 Å². The molecule has 0 spiro atoms. The van der Waals surface area contributed by atoms with E-state index in [1.54, 1.807) is 58.9 Å². The van der Waals surface area contributed by atoms with Crippen LogP contribution in [0.1, 0.15) is 40.2 Å². The van der Waals surface area contributed by atoms with Crippen LogP contribution in [0.5, 0.6) is 0 Å². The molecule has 0 fully saturated rings. The molecule has 0 saturated carbocycles. The van der Waals surface area contributed by atoms with Gasteiger partial charge >= 0.3 is 5.97 Å². The molecule has 0 unspecified atom stereocenters. The summed E-state index contributed by atoms with van der Waals surface area (Å²) in [5, 5.41) is 0.273. The average molecular weight is 358 g/mol. The molecule has 0 bridgehead atoms. The molecule has 0 amide bonds. The third kappa shape index (κ3) is 3.44. The Kier molecular flexibility index (Phi) is 4.39. The summed E-state index contributed by atoms with van der Waals surface area (Å²) in [6.07, 6.45) is 0. The van der Waals surface area contributed by atoms with E-state index in [-0.39, 0.29) is 15.7 Å². The van der Waals surface area contributed by atoms with Gasteiger partial charge in [0.25, 0.3) is 0 Å². The molecular weight excluding hydrogens is 338 g/mol. The van der Waals surface area contributed by atoms with Crippen LogP contribution in [0.4, 0.5) is 0 Å². The predicted octanol–water partition coefficient (Wildman–Crippen LogP) is 3.31. The number of rotatable bonds is 2. The van der Waals surface area contributed by atoms with Crippen LogP contribution in [0.15, 0.2) is 30.0 Å². The van der Waals surface area contributed by atoms with Gasteiger partial charge in [0.1, 0.15) is 10.7 Å². The molecule has 0 saturated heterocycles. The van der Waals surface area contributed by atoms with Crippen molar-refractivity contribution < 1.29 is 17.9 Å². The zero-order valence-corrected chi connectivity index (χ0v) is 15.3. The van der Waals surface area contributed by atoms with Gasteiger partial charge in [-0.15, -0.1) is 0 Å². The molecule has 1 aliphatic heterocycles. The highest BCUT2D eigenvalue weighted by atomic mass is 35.5. The van der Waals surface area contributed by atoms with E-state index in [2.05, 4.69) is 4.72 Å². The number of esters is 1. The number of carbonyl (C=O) groups excluding carboxylic acids is 1. The minimum atomic E-state index is -3.84. The summed E-state index contributed by atoms with van der Waals surface area (Å²) in [5.74, 6) is -0.449. The molecule has 1 aromatic carbocycles. The molecule has 0 radical (unpaired) electrons. The van der Waals surface area contributed by atoms with Crippen molar-refractivity contribution in [3.63, 3.8) is 0 Å².